The highest BCUT2D eigenvalue weighted by molar-refractivity contribution is 5.67. The zero-order valence-corrected chi connectivity index (χ0v) is 9.06. The van der Waals surface area contributed by atoms with Gasteiger partial charge in [0.05, 0.1) is 0 Å². The number of rotatable bonds is 3. The van der Waals surface area contributed by atoms with Crippen LogP contribution in [-0.4, -0.2) is 24.6 Å². The number of hydrogen-bond acceptors (Lipinski definition) is 3. The Bertz CT molecular complexity index is 322. The Morgan fingerprint density at radius 3 is 2.53 bits per heavy atom. The molecule has 0 saturated heterocycles. The van der Waals surface area contributed by atoms with Crippen molar-refractivity contribution in [2.24, 2.45) is 0 Å². The van der Waals surface area contributed by atoms with Crippen molar-refractivity contribution < 1.29 is 9.53 Å². The van der Waals surface area contributed by atoms with Crippen LogP contribution in [0.3, 0.4) is 0 Å². The topological polar surface area (TPSA) is 55.6 Å². The molecule has 1 amide bonds. The molecule has 1 aromatic carbocycles. The Labute approximate surface area is 89.6 Å². The van der Waals surface area contributed by atoms with Crippen molar-refractivity contribution in [3.8, 4) is 0 Å². The van der Waals surface area contributed by atoms with E-state index in [9.17, 15) is 4.79 Å². The summed E-state index contributed by atoms with van der Waals surface area (Å²) in [6.45, 7) is 2.81. The normalized spacial score (nSPS) is 9.73. The first kappa shape index (κ1) is 11.4. The van der Waals surface area contributed by atoms with Crippen LogP contribution in [0.2, 0.25) is 0 Å². The van der Waals surface area contributed by atoms with Gasteiger partial charge < -0.3 is 15.4 Å². The Balaban J connectivity index is 2.43. The van der Waals surface area contributed by atoms with E-state index in [-0.39, 0.29) is 12.7 Å². The van der Waals surface area contributed by atoms with Gasteiger partial charge in [-0.15, -0.1) is 0 Å². The molecule has 0 bridgehead atoms. The van der Waals surface area contributed by atoms with Gasteiger partial charge >= 0.3 is 6.09 Å². The van der Waals surface area contributed by atoms with Crippen molar-refractivity contribution in [3.05, 3.63) is 29.8 Å². The lowest BCUT2D eigenvalue weighted by Crippen LogP contribution is -2.26. The van der Waals surface area contributed by atoms with Crippen LogP contribution in [0, 0.1) is 0 Å². The number of nitrogens with zero attached hydrogens (tertiary/aromatic N) is 1. The van der Waals surface area contributed by atoms with Crippen LogP contribution in [0.25, 0.3) is 0 Å². The maximum absolute atomic E-state index is 11.3. The fourth-order valence-electron chi connectivity index (χ4n) is 0.998. The summed E-state index contributed by atoms with van der Waals surface area (Å²) in [5, 5.41) is 0. The van der Waals surface area contributed by atoms with E-state index in [1.807, 2.05) is 19.1 Å². The summed E-state index contributed by atoms with van der Waals surface area (Å²) in [5.41, 5.74) is 7.17. The summed E-state index contributed by atoms with van der Waals surface area (Å²) in [7, 11) is 1.70. The van der Waals surface area contributed by atoms with E-state index in [1.54, 1.807) is 19.2 Å². The molecule has 1 rings (SSSR count). The standard InChI is InChI=1S/C11H16N2O2/c1-3-13(2)11(14)15-8-9-4-6-10(12)7-5-9/h4-7H,3,8,12H2,1-2H3. The van der Waals surface area contributed by atoms with Crippen LogP contribution in [0.15, 0.2) is 24.3 Å². The van der Waals surface area contributed by atoms with Crippen LogP contribution in [0.1, 0.15) is 12.5 Å². The molecule has 0 saturated carbocycles. The summed E-state index contributed by atoms with van der Waals surface area (Å²) >= 11 is 0. The molecule has 4 heteroatoms. The third-order valence-electron chi connectivity index (χ3n) is 2.13. The van der Waals surface area contributed by atoms with E-state index < -0.39 is 0 Å². The number of ether oxygens (including phenoxy) is 1. The average Bonchev–Trinajstić information content (AvgIpc) is 2.26. The highest BCUT2D eigenvalue weighted by Crippen LogP contribution is 2.07. The minimum atomic E-state index is -0.311. The molecule has 0 heterocycles. The van der Waals surface area contributed by atoms with Crippen LogP contribution in [0.4, 0.5) is 10.5 Å². The molecule has 15 heavy (non-hydrogen) atoms. The van der Waals surface area contributed by atoms with Crippen molar-refractivity contribution >= 4 is 11.8 Å². The molecule has 0 unspecified atom stereocenters. The first-order valence-electron chi connectivity index (χ1n) is 4.85. The van der Waals surface area contributed by atoms with Gasteiger partial charge in [0.2, 0.25) is 0 Å². The van der Waals surface area contributed by atoms with E-state index in [2.05, 4.69) is 0 Å². The van der Waals surface area contributed by atoms with E-state index >= 15 is 0 Å². The minimum absolute atomic E-state index is 0.281. The van der Waals surface area contributed by atoms with Crippen molar-refractivity contribution in [2.75, 3.05) is 19.3 Å². The van der Waals surface area contributed by atoms with Gasteiger partial charge in [0.25, 0.3) is 0 Å². The fraction of sp³-hybridized carbons (Fsp3) is 0.364. The number of nitrogen functional groups attached to an aromatic ring is 1. The van der Waals surface area contributed by atoms with Gasteiger partial charge in [-0.25, -0.2) is 4.79 Å². The van der Waals surface area contributed by atoms with Crippen molar-refractivity contribution in [2.45, 2.75) is 13.5 Å². The van der Waals surface area contributed by atoms with Gasteiger partial charge in [-0.3, -0.25) is 0 Å². The molecule has 4 nitrogen and oxygen atoms in total. The second-order valence-corrected chi connectivity index (χ2v) is 3.31. The smallest absolute Gasteiger partial charge is 0.409 e. The van der Waals surface area contributed by atoms with E-state index in [1.165, 1.54) is 4.90 Å². The molecule has 1 aromatic rings. The molecule has 0 aromatic heterocycles. The summed E-state index contributed by atoms with van der Waals surface area (Å²) < 4.78 is 5.07. The molecule has 0 aliphatic rings. The molecule has 0 fully saturated rings. The zero-order valence-electron chi connectivity index (χ0n) is 9.06. The van der Waals surface area contributed by atoms with Gasteiger partial charge in [-0.2, -0.15) is 0 Å². The Morgan fingerprint density at radius 2 is 2.00 bits per heavy atom. The third-order valence-corrected chi connectivity index (χ3v) is 2.13. The van der Waals surface area contributed by atoms with Crippen molar-refractivity contribution in [1.29, 1.82) is 0 Å². The molecule has 0 spiro atoms. The number of carbonyl (C=O) groups is 1. The maximum atomic E-state index is 11.3. The quantitative estimate of drug-likeness (QED) is 0.771. The number of carbonyl (C=O) groups excluding carboxylic acids is 1. The number of hydrogen-bond donors (Lipinski definition) is 1. The summed E-state index contributed by atoms with van der Waals surface area (Å²) in [6.07, 6.45) is -0.311. The van der Waals surface area contributed by atoms with Crippen LogP contribution >= 0.6 is 0 Å². The number of amides is 1. The maximum Gasteiger partial charge on any atom is 0.409 e. The van der Waals surface area contributed by atoms with Gasteiger partial charge in [-0.1, -0.05) is 12.1 Å². The minimum Gasteiger partial charge on any atom is -0.445 e. The SMILES string of the molecule is CCN(C)C(=O)OCc1ccc(N)cc1. The van der Waals surface area contributed by atoms with Gasteiger partial charge in [0.15, 0.2) is 0 Å². The third kappa shape index (κ3) is 3.50. The van der Waals surface area contributed by atoms with Crippen LogP contribution < -0.4 is 5.73 Å². The largest absolute Gasteiger partial charge is 0.445 e. The molecule has 0 atom stereocenters. The predicted octanol–water partition coefficient (Wildman–Crippen LogP) is 1.86. The fourth-order valence-corrected chi connectivity index (χ4v) is 0.998. The summed E-state index contributed by atoms with van der Waals surface area (Å²) in [4.78, 5) is 12.8. The highest BCUT2D eigenvalue weighted by atomic mass is 16.6. The lowest BCUT2D eigenvalue weighted by Gasteiger charge is -2.14. The highest BCUT2D eigenvalue weighted by Gasteiger charge is 2.06. The molecule has 0 aliphatic carbocycles. The predicted molar refractivity (Wildman–Crippen MR) is 59.3 cm³/mol. The van der Waals surface area contributed by atoms with Gasteiger partial charge in [0, 0.05) is 19.3 Å². The molecular weight excluding hydrogens is 192 g/mol. The first-order chi connectivity index (χ1) is 7.13. The second-order valence-electron chi connectivity index (χ2n) is 3.31. The second kappa shape index (κ2) is 5.24. The molecule has 82 valence electrons. The molecular formula is C11H16N2O2. The lowest BCUT2D eigenvalue weighted by molar-refractivity contribution is 0.106. The van der Waals surface area contributed by atoms with E-state index in [0.29, 0.717) is 12.2 Å². The molecule has 0 radical (unpaired) electrons. The Kier molecular flexibility index (Phi) is 3.97. The monoisotopic (exact) mass is 208 g/mol. The number of benzene rings is 1. The number of anilines is 1. The molecule has 0 aliphatic heterocycles. The Morgan fingerprint density at radius 1 is 1.40 bits per heavy atom. The van der Waals surface area contributed by atoms with Crippen LogP contribution in [0.5, 0.6) is 0 Å². The van der Waals surface area contributed by atoms with E-state index in [0.717, 1.165) is 5.56 Å². The van der Waals surface area contributed by atoms with E-state index in [4.69, 9.17) is 10.5 Å². The summed E-state index contributed by atoms with van der Waals surface area (Å²) in [6, 6.07) is 7.25. The van der Waals surface area contributed by atoms with Gasteiger partial charge in [-0.05, 0) is 24.6 Å². The zero-order chi connectivity index (χ0) is 11.3. The first-order valence-corrected chi connectivity index (χ1v) is 4.85. The lowest BCUT2D eigenvalue weighted by atomic mass is 10.2. The summed E-state index contributed by atoms with van der Waals surface area (Å²) in [5.74, 6) is 0. The van der Waals surface area contributed by atoms with Crippen molar-refractivity contribution in [3.63, 3.8) is 0 Å². The van der Waals surface area contributed by atoms with Gasteiger partial charge in [0.1, 0.15) is 6.61 Å². The molecule has 2 N–H and O–H groups in total. The van der Waals surface area contributed by atoms with Crippen LogP contribution in [-0.2, 0) is 11.3 Å². The van der Waals surface area contributed by atoms with Crippen molar-refractivity contribution in [1.82, 2.24) is 4.90 Å². The average molecular weight is 208 g/mol. The Hall–Kier alpha value is -1.71. The number of nitrogens with two attached hydrogens (primary N) is 1.